The highest BCUT2D eigenvalue weighted by Gasteiger charge is 2.40. The molecule has 1 N–H and O–H groups in total. The molecule has 0 fully saturated rings. The lowest BCUT2D eigenvalue weighted by atomic mass is 10.1. The van der Waals surface area contributed by atoms with Crippen LogP contribution in [0.1, 0.15) is 104 Å². The van der Waals surface area contributed by atoms with Gasteiger partial charge in [-0.25, -0.2) is 4.99 Å². The molecule has 3 nitrogen and oxygen atoms in total. The predicted molar refractivity (Wildman–Crippen MR) is 114 cm³/mol. The molecule has 0 aromatic carbocycles. The van der Waals surface area contributed by atoms with Gasteiger partial charge in [-0.3, -0.25) is 4.48 Å². The van der Waals surface area contributed by atoms with E-state index < -0.39 is 0 Å². The highest BCUT2D eigenvalue weighted by molar-refractivity contribution is 5.76. The number of aliphatic hydroxyl groups is 1. The van der Waals surface area contributed by atoms with Gasteiger partial charge in [0, 0.05) is 13.3 Å². The van der Waals surface area contributed by atoms with E-state index >= 15 is 0 Å². The van der Waals surface area contributed by atoms with Crippen LogP contribution in [0.5, 0.6) is 0 Å². The number of aliphatic hydroxyl groups excluding tert-OH is 1. The average molecular weight is 366 g/mol. The lowest BCUT2D eigenvalue weighted by molar-refractivity contribution is -0.882. The van der Waals surface area contributed by atoms with Crippen LogP contribution in [-0.2, 0) is 0 Å². The van der Waals surface area contributed by atoms with Crippen molar-refractivity contribution in [3.05, 3.63) is 12.2 Å². The molecule has 0 aliphatic carbocycles. The number of aliphatic imine (C=N–C) groups is 1. The van der Waals surface area contributed by atoms with Crippen molar-refractivity contribution in [1.82, 2.24) is 0 Å². The molecule has 1 heterocycles. The third-order valence-corrected chi connectivity index (χ3v) is 6.00. The van der Waals surface area contributed by atoms with Crippen molar-refractivity contribution in [2.24, 2.45) is 4.99 Å². The van der Waals surface area contributed by atoms with Gasteiger partial charge in [-0.1, -0.05) is 64.0 Å². The van der Waals surface area contributed by atoms with E-state index in [-0.39, 0.29) is 6.23 Å². The first-order valence-electron chi connectivity index (χ1n) is 11.4. The Kier molecular flexibility index (Phi) is 12.9. The fourth-order valence-corrected chi connectivity index (χ4v) is 4.11. The molecule has 0 amide bonds. The minimum Gasteiger partial charge on any atom is -0.345 e. The maximum Gasteiger partial charge on any atom is 0.200 e. The maximum atomic E-state index is 10.2. The van der Waals surface area contributed by atoms with Crippen LogP contribution in [0.4, 0.5) is 0 Å². The number of amidine groups is 1. The maximum absolute atomic E-state index is 10.2. The quantitative estimate of drug-likeness (QED) is 0.196. The molecule has 0 bridgehead atoms. The van der Waals surface area contributed by atoms with Crippen molar-refractivity contribution < 1.29 is 9.59 Å². The number of allylic oxidation sites excluding steroid dienone is 2. The summed E-state index contributed by atoms with van der Waals surface area (Å²) in [5, 5.41) is 10.2. The Morgan fingerprint density at radius 3 is 2.08 bits per heavy atom. The number of unbranched alkanes of at least 4 members (excludes halogenated alkanes) is 10. The van der Waals surface area contributed by atoms with Crippen LogP contribution in [0.25, 0.3) is 0 Å². The van der Waals surface area contributed by atoms with Gasteiger partial charge in [0.2, 0.25) is 5.84 Å². The smallest absolute Gasteiger partial charge is 0.200 e. The van der Waals surface area contributed by atoms with Crippen molar-refractivity contribution in [2.75, 3.05) is 19.6 Å². The van der Waals surface area contributed by atoms with Crippen molar-refractivity contribution in [3.63, 3.8) is 0 Å². The van der Waals surface area contributed by atoms with E-state index in [0.29, 0.717) is 4.48 Å². The summed E-state index contributed by atoms with van der Waals surface area (Å²) < 4.78 is 0.714. The Balaban J connectivity index is 1.97. The van der Waals surface area contributed by atoms with Crippen molar-refractivity contribution in [2.45, 2.75) is 110 Å². The molecule has 1 aliphatic rings. The van der Waals surface area contributed by atoms with Gasteiger partial charge in [0.1, 0.15) is 6.54 Å². The monoisotopic (exact) mass is 365 g/mol. The summed E-state index contributed by atoms with van der Waals surface area (Å²) in [5.74, 6) is 1.24. The summed E-state index contributed by atoms with van der Waals surface area (Å²) in [4.78, 5) is 4.70. The van der Waals surface area contributed by atoms with E-state index in [1.54, 1.807) is 0 Å². The first kappa shape index (κ1) is 23.4. The fourth-order valence-electron chi connectivity index (χ4n) is 4.11. The van der Waals surface area contributed by atoms with Crippen molar-refractivity contribution in [3.8, 4) is 0 Å². The fraction of sp³-hybridized carbons (Fsp3) is 0.870. The van der Waals surface area contributed by atoms with Gasteiger partial charge in [-0.2, -0.15) is 0 Å². The van der Waals surface area contributed by atoms with Gasteiger partial charge in [-0.15, -0.1) is 0 Å². The van der Waals surface area contributed by atoms with Crippen LogP contribution in [0.15, 0.2) is 17.1 Å². The second kappa shape index (κ2) is 14.4. The summed E-state index contributed by atoms with van der Waals surface area (Å²) in [7, 11) is 0. The van der Waals surface area contributed by atoms with Gasteiger partial charge >= 0.3 is 0 Å². The molecule has 152 valence electrons. The Bertz CT molecular complexity index is 403. The molecule has 26 heavy (non-hydrogen) atoms. The number of nitrogens with zero attached hydrogens (tertiary/aromatic N) is 2. The second-order valence-corrected chi connectivity index (χ2v) is 7.98. The molecular formula is C23H45N2O+. The van der Waals surface area contributed by atoms with E-state index in [0.717, 1.165) is 26.1 Å². The zero-order valence-corrected chi connectivity index (χ0v) is 17.9. The van der Waals surface area contributed by atoms with Crippen molar-refractivity contribution >= 4 is 5.84 Å². The Morgan fingerprint density at radius 2 is 1.50 bits per heavy atom. The standard InChI is InChI=1S/C23H45N2O/c1-4-6-7-8-9-10-11-12-13-14-15-16-17-18-19-23-24-20-21-25(23,5-2)22(3)26/h9-10,22,26H,4-8,11-21H2,1-3H3/q+1/b10-9+. The van der Waals surface area contributed by atoms with E-state index in [4.69, 9.17) is 4.99 Å². The minimum absolute atomic E-state index is 0.318. The summed E-state index contributed by atoms with van der Waals surface area (Å²) >= 11 is 0. The van der Waals surface area contributed by atoms with Crippen LogP contribution in [0.2, 0.25) is 0 Å². The largest absolute Gasteiger partial charge is 0.345 e. The van der Waals surface area contributed by atoms with Crippen molar-refractivity contribution in [1.29, 1.82) is 0 Å². The highest BCUT2D eigenvalue weighted by atomic mass is 16.3. The molecule has 0 aromatic rings. The van der Waals surface area contributed by atoms with E-state index in [1.165, 1.54) is 82.9 Å². The van der Waals surface area contributed by atoms with Gasteiger partial charge in [-0.05, 0) is 39.0 Å². The molecule has 0 saturated heterocycles. The molecule has 0 saturated carbocycles. The summed E-state index contributed by atoms with van der Waals surface area (Å²) in [6, 6.07) is 0. The predicted octanol–water partition coefficient (Wildman–Crippen LogP) is 6.22. The van der Waals surface area contributed by atoms with Gasteiger partial charge in [0.15, 0.2) is 6.23 Å². The number of quaternary nitrogens is 1. The van der Waals surface area contributed by atoms with Crippen LogP contribution >= 0.6 is 0 Å². The van der Waals surface area contributed by atoms with E-state index in [9.17, 15) is 5.11 Å². The van der Waals surface area contributed by atoms with E-state index in [1.807, 2.05) is 6.92 Å². The van der Waals surface area contributed by atoms with Crippen LogP contribution in [0, 0.1) is 0 Å². The molecule has 0 spiro atoms. The SMILES string of the molecule is CCCCC/C=C/CCCCCCCCCC1=NCC[N+]1(CC)C(C)O. The number of hydrogen-bond acceptors (Lipinski definition) is 2. The first-order chi connectivity index (χ1) is 12.7. The van der Waals surface area contributed by atoms with Gasteiger partial charge in [0.05, 0.1) is 13.1 Å². The number of hydrogen-bond donors (Lipinski definition) is 1. The molecule has 1 aliphatic heterocycles. The third-order valence-electron chi connectivity index (χ3n) is 6.00. The first-order valence-corrected chi connectivity index (χ1v) is 11.4. The Labute approximate surface area is 163 Å². The molecule has 2 atom stereocenters. The number of rotatable bonds is 16. The van der Waals surface area contributed by atoms with Crippen LogP contribution < -0.4 is 0 Å². The lowest BCUT2D eigenvalue weighted by Gasteiger charge is -2.36. The third kappa shape index (κ3) is 8.35. The topological polar surface area (TPSA) is 32.6 Å². The second-order valence-electron chi connectivity index (χ2n) is 7.98. The van der Waals surface area contributed by atoms with Gasteiger partial charge < -0.3 is 5.11 Å². The van der Waals surface area contributed by atoms with E-state index in [2.05, 4.69) is 26.0 Å². The molecule has 2 unspecified atom stereocenters. The normalized spacial score (nSPS) is 21.5. The lowest BCUT2D eigenvalue weighted by Crippen LogP contribution is -2.56. The zero-order chi connectivity index (χ0) is 19.1. The molecule has 0 radical (unpaired) electrons. The summed E-state index contributed by atoms with van der Waals surface area (Å²) in [5.41, 5.74) is 0. The summed E-state index contributed by atoms with van der Waals surface area (Å²) in [6.45, 7) is 9.19. The molecule has 3 heteroatoms. The molecular weight excluding hydrogens is 320 g/mol. The minimum atomic E-state index is -0.318. The molecule has 1 rings (SSSR count). The van der Waals surface area contributed by atoms with Crippen LogP contribution in [0.3, 0.4) is 0 Å². The summed E-state index contributed by atoms with van der Waals surface area (Å²) in [6.07, 6.45) is 21.5. The molecule has 0 aromatic heterocycles. The number of likely N-dealkylation sites (N-methyl/N-ethyl adjacent to an activating group) is 1. The highest BCUT2D eigenvalue weighted by Crippen LogP contribution is 2.23. The average Bonchev–Trinajstić information content (AvgIpc) is 3.06. The van der Waals surface area contributed by atoms with Gasteiger partial charge in [0.25, 0.3) is 0 Å². The van der Waals surface area contributed by atoms with Crippen LogP contribution in [-0.4, -0.2) is 41.3 Å². The zero-order valence-electron chi connectivity index (χ0n) is 17.9. The Morgan fingerprint density at radius 1 is 0.923 bits per heavy atom. The Hall–Kier alpha value is -0.670.